The smallest absolute Gasteiger partial charge is 0.255 e. The van der Waals surface area contributed by atoms with Gasteiger partial charge in [0.15, 0.2) is 0 Å². The predicted molar refractivity (Wildman–Crippen MR) is 107 cm³/mol. The van der Waals surface area contributed by atoms with Crippen molar-refractivity contribution < 1.29 is 13.2 Å². The van der Waals surface area contributed by atoms with Crippen LogP contribution in [0.25, 0.3) is 0 Å². The minimum absolute atomic E-state index is 0.0119. The molecule has 1 heterocycles. The van der Waals surface area contributed by atoms with Crippen LogP contribution in [0.1, 0.15) is 49.0 Å². The monoisotopic (exact) mass is 386 g/mol. The number of carbonyl (C=O) groups is 1. The molecule has 5 nitrogen and oxygen atoms in total. The molecule has 1 saturated heterocycles. The normalized spacial score (nSPS) is 18.2. The number of carbonyl (C=O) groups excluding carboxylic acids is 1. The summed E-state index contributed by atoms with van der Waals surface area (Å²) in [6.45, 7) is 4.58. The molecule has 3 rings (SSSR count). The Morgan fingerprint density at radius 3 is 2.33 bits per heavy atom. The maximum absolute atomic E-state index is 12.9. The average Bonchev–Trinajstić information content (AvgIpc) is 2.69. The lowest BCUT2D eigenvalue weighted by atomic mass is 10.1. The minimum Gasteiger partial charge on any atom is -0.322 e. The summed E-state index contributed by atoms with van der Waals surface area (Å²) in [5, 5.41) is 2.84. The SMILES string of the molecule is CCc1ccc(NC(=O)c2ccc(S(=O)(=O)N3CCCC[C@@H]3C)cc2)cc1. The molecule has 0 spiro atoms. The van der Waals surface area contributed by atoms with Crippen LogP contribution in [-0.2, 0) is 16.4 Å². The maximum Gasteiger partial charge on any atom is 0.255 e. The third-order valence-corrected chi connectivity index (χ3v) is 7.11. The van der Waals surface area contributed by atoms with Crippen LogP contribution in [-0.4, -0.2) is 31.2 Å². The van der Waals surface area contributed by atoms with Crippen molar-refractivity contribution in [2.24, 2.45) is 0 Å². The molecule has 1 N–H and O–H groups in total. The molecule has 0 aromatic heterocycles. The number of nitrogens with one attached hydrogen (secondary N) is 1. The zero-order valence-corrected chi connectivity index (χ0v) is 16.6. The molecule has 144 valence electrons. The van der Waals surface area contributed by atoms with Gasteiger partial charge in [-0.05, 0) is 68.1 Å². The number of nitrogens with zero attached hydrogens (tertiary/aromatic N) is 1. The van der Waals surface area contributed by atoms with Crippen molar-refractivity contribution >= 4 is 21.6 Å². The highest BCUT2D eigenvalue weighted by Gasteiger charge is 2.30. The number of amides is 1. The maximum atomic E-state index is 12.9. The Bertz CT molecular complexity index is 890. The van der Waals surface area contributed by atoms with Gasteiger partial charge in [0, 0.05) is 23.8 Å². The average molecular weight is 387 g/mol. The summed E-state index contributed by atoms with van der Waals surface area (Å²) in [7, 11) is -3.52. The molecule has 1 aliphatic heterocycles. The van der Waals surface area contributed by atoms with E-state index in [1.54, 1.807) is 16.4 Å². The van der Waals surface area contributed by atoms with Crippen molar-refractivity contribution in [2.75, 3.05) is 11.9 Å². The molecule has 2 aromatic carbocycles. The van der Waals surface area contributed by atoms with E-state index in [0.29, 0.717) is 12.1 Å². The molecule has 2 aromatic rings. The summed E-state index contributed by atoms with van der Waals surface area (Å²) >= 11 is 0. The molecular formula is C21H26N2O3S. The number of aryl methyl sites for hydroxylation is 1. The summed E-state index contributed by atoms with van der Waals surface area (Å²) < 4.78 is 27.3. The van der Waals surface area contributed by atoms with Gasteiger partial charge in [0.2, 0.25) is 10.0 Å². The van der Waals surface area contributed by atoms with Gasteiger partial charge in [-0.3, -0.25) is 4.79 Å². The van der Waals surface area contributed by atoms with Crippen LogP contribution in [0, 0.1) is 0 Å². The molecular weight excluding hydrogens is 360 g/mol. The van der Waals surface area contributed by atoms with E-state index >= 15 is 0 Å². The van der Waals surface area contributed by atoms with Crippen LogP contribution in [0.2, 0.25) is 0 Å². The molecule has 0 bridgehead atoms. The van der Waals surface area contributed by atoms with Gasteiger partial charge in [-0.25, -0.2) is 8.42 Å². The van der Waals surface area contributed by atoms with Crippen molar-refractivity contribution in [3.8, 4) is 0 Å². The summed E-state index contributed by atoms with van der Waals surface area (Å²) in [5.41, 5.74) is 2.35. The topological polar surface area (TPSA) is 66.5 Å². The Hall–Kier alpha value is -2.18. The quantitative estimate of drug-likeness (QED) is 0.842. The van der Waals surface area contributed by atoms with Crippen LogP contribution in [0.4, 0.5) is 5.69 Å². The first kappa shape index (κ1) is 19.6. The number of hydrogen-bond acceptors (Lipinski definition) is 3. The molecule has 1 amide bonds. The van der Waals surface area contributed by atoms with E-state index in [4.69, 9.17) is 0 Å². The zero-order valence-electron chi connectivity index (χ0n) is 15.8. The van der Waals surface area contributed by atoms with Crippen molar-refractivity contribution in [1.82, 2.24) is 4.31 Å². The van der Waals surface area contributed by atoms with Crippen LogP contribution < -0.4 is 5.32 Å². The first-order chi connectivity index (χ1) is 12.9. The standard InChI is InChI=1S/C21H26N2O3S/c1-3-17-7-11-19(12-8-17)22-21(24)18-9-13-20(14-10-18)27(25,26)23-15-5-4-6-16(23)2/h7-14,16H,3-6,15H2,1-2H3,(H,22,24)/t16-/m0/s1. The van der Waals surface area contributed by atoms with Gasteiger partial charge >= 0.3 is 0 Å². The number of hydrogen-bond donors (Lipinski definition) is 1. The first-order valence-corrected chi connectivity index (χ1v) is 10.9. The number of sulfonamides is 1. The van der Waals surface area contributed by atoms with Gasteiger partial charge in [0.25, 0.3) is 5.91 Å². The summed E-state index contributed by atoms with van der Waals surface area (Å²) in [5.74, 6) is -0.255. The van der Waals surface area contributed by atoms with Crippen LogP contribution in [0.3, 0.4) is 0 Å². The number of piperidine rings is 1. The zero-order chi connectivity index (χ0) is 19.4. The first-order valence-electron chi connectivity index (χ1n) is 9.44. The lowest BCUT2D eigenvalue weighted by Gasteiger charge is -2.32. The fourth-order valence-electron chi connectivity index (χ4n) is 3.37. The molecule has 6 heteroatoms. The Labute approximate surface area is 161 Å². The summed E-state index contributed by atoms with van der Waals surface area (Å²) in [6, 6.07) is 13.9. The van der Waals surface area contributed by atoms with Gasteiger partial charge in [-0.2, -0.15) is 4.31 Å². The van der Waals surface area contributed by atoms with Crippen LogP contribution in [0.15, 0.2) is 53.4 Å². The Morgan fingerprint density at radius 2 is 1.74 bits per heavy atom. The van der Waals surface area contributed by atoms with E-state index in [9.17, 15) is 13.2 Å². The van der Waals surface area contributed by atoms with Crippen molar-refractivity contribution in [2.45, 2.75) is 50.5 Å². The van der Waals surface area contributed by atoms with Gasteiger partial charge in [-0.1, -0.05) is 25.5 Å². The van der Waals surface area contributed by atoms with Crippen LogP contribution in [0.5, 0.6) is 0 Å². The molecule has 27 heavy (non-hydrogen) atoms. The second kappa shape index (κ2) is 8.23. The molecule has 1 fully saturated rings. The largest absolute Gasteiger partial charge is 0.322 e. The van der Waals surface area contributed by atoms with E-state index in [1.165, 1.54) is 17.7 Å². The molecule has 1 atom stereocenters. The number of anilines is 1. The van der Waals surface area contributed by atoms with E-state index in [2.05, 4.69) is 12.2 Å². The predicted octanol–water partition coefficient (Wildman–Crippen LogP) is 4.06. The van der Waals surface area contributed by atoms with Crippen molar-refractivity contribution in [3.05, 3.63) is 59.7 Å². The van der Waals surface area contributed by atoms with Crippen LogP contribution >= 0.6 is 0 Å². The van der Waals surface area contributed by atoms with E-state index in [0.717, 1.165) is 31.4 Å². The second-order valence-electron chi connectivity index (χ2n) is 6.99. The van der Waals surface area contributed by atoms with Crippen molar-refractivity contribution in [3.63, 3.8) is 0 Å². The molecule has 1 aliphatic rings. The van der Waals surface area contributed by atoms with Gasteiger partial charge in [0.05, 0.1) is 4.90 Å². The highest BCUT2D eigenvalue weighted by atomic mass is 32.2. The Balaban J connectivity index is 1.73. The second-order valence-corrected chi connectivity index (χ2v) is 8.88. The summed E-state index contributed by atoms with van der Waals surface area (Å²) in [4.78, 5) is 12.6. The molecule has 0 aliphatic carbocycles. The molecule has 0 saturated carbocycles. The third kappa shape index (κ3) is 4.39. The summed E-state index contributed by atoms with van der Waals surface area (Å²) in [6.07, 6.45) is 3.78. The Kier molecular flexibility index (Phi) is 5.97. The Morgan fingerprint density at radius 1 is 1.07 bits per heavy atom. The van der Waals surface area contributed by atoms with Gasteiger partial charge in [-0.15, -0.1) is 0 Å². The highest BCUT2D eigenvalue weighted by molar-refractivity contribution is 7.89. The number of benzene rings is 2. The van der Waals surface area contributed by atoms with E-state index in [-0.39, 0.29) is 16.8 Å². The van der Waals surface area contributed by atoms with Gasteiger partial charge < -0.3 is 5.32 Å². The molecule has 0 radical (unpaired) electrons. The highest BCUT2D eigenvalue weighted by Crippen LogP contribution is 2.25. The molecule has 0 unspecified atom stereocenters. The van der Waals surface area contributed by atoms with E-state index < -0.39 is 10.0 Å². The van der Waals surface area contributed by atoms with Crippen molar-refractivity contribution in [1.29, 1.82) is 0 Å². The lowest BCUT2D eigenvalue weighted by molar-refractivity contribution is 0.102. The van der Waals surface area contributed by atoms with E-state index in [1.807, 2.05) is 31.2 Å². The lowest BCUT2D eigenvalue weighted by Crippen LogP contribution is -2.41. The van der Waals surface area contributed by atoms with Gasteiger partial charge in [0.1, 0.15) is 0 Å². The fraction of sp³-hybridized carbons (Fsp3) is 0.381. The minimum atomic E-state index is -3.52. The number of rotatable bonds is 5. The fourth-order valence-corrected chi connectivity index (χ4v) is 5.07. The third-order valence-electron chi connectivity index (χ3n) is 5.09.